The van der Waals surface area contributed by atoms with Crippen molar-refractivity contribution in [3.63, 3.8) is 0 Å². The van der Waals surface area contributed by atoms with Crippen LogP contribution in [0.2, 0.25) is 0 Å². The number of nitrogens with zero attached hydrogens (tertiary/aromatic N) is 3. The van der Waals surface area contributed by atoms with Gasteiger partial charge in [0.25, 0.3) is 5.91 Å². The van der Waals surface area contributed by atoms with Crippen molar-refractivity contribution in [2.24, 2.45) is 0 Å². The first kappa shape index (κ1) is 17.4. The van der Waals surface area contributed by atoms with Crippen LogP contribution < -0.4 is 0 Å². The van der Waals surface area contributed by atoms with E-state index in [1.165, 1.54) is 16.7 Å². The summed E-state index contributed by atoms with van der Waals surface area (Å²) < 4.78 is 0. The summed E-state index contributed by atoms with van der Waals surface area (Å²) >= 11 is 0. The van der Waals surface area contributed by atoms with Crippen LogP contribution in [0.3, 0.4) is 0 Å². The Morgan fingerprint density at radius 1 is 1.04 bits per heavy atom. The fourth-order valence-electron chi connectivity index (χ4n) is 3.72. The molecule has 0 saturated heterocycles. The van der Waals surface area contributed by atoms with Crippen LogP contribution in [0, 0.1) is 13.8 Å². The van der Waals surface area contributed by atoms with E-state index in [-0.39, 0.29) is 11.9 Å². The van der Waals surface area contributed by atoms with Crippen molar-refractivity contribution in [3.05, 3.63) is 94.6 Å². The van der Waals surface area contributed by atoms with Gasteiger partial charge in [0.15, 0.2) is 0 Å². The van der Waals surface area contributed by atoms with Crippen molar-refractivity contribution < 1.29 is 4.79 Å². The zero-order valence-corrected chi connectivity index (χ0v) is 15.7. The summed E-state index contributed by atoms with van der Waals surface area (Å²) in [6.07, 6.45) is 5.18. The summed E-state index contributed by atoms with van der Waals surface area (Å²) in [4.78, 5) is 23.9. The van der Waals surface area contributed by atoms with Crippen molar-refractivity contribution in [2.45, 2.75) is 39.3 Å². The molecule has 27 heavy (non-hydrogen) atoms. The van der Waals surface area contributed by atoms with Gasteiger partial charge in [-0.1, -0.05) is 54.1 Å². The van der Waals surface area contributed by atoms with E-state index in [0.29, 0.717) is 12.2 Å². The molecule has 0 spiro atoms. The summed E-state index contributed by atoms with van der Waals surface area (Å²) in [5.74, 6) is -0.0650. The molecule has 1 aromatic heterocycles. The van der Waals surface area contributed by atoms with Crippen LogP contribution in [0.15, 0.2) is 60.9 Å². The Hall–Kier alpha value is -3.01. The predicted molar refractivity (Wildman–Crippen MR) is 105 cm³/mol. The van der Waals surface area contributed by atoms with E-state index in [1.54, 1.807) is 12.4 Å². The fraction of sp³-hybridized carbons (Fsp3) is 0.261. The van der Waals surface area contributed by atoms with Gasteiger partial charge in [-0.15, -0.1) is 0 Å². The molecular weight excluding hydrogens is 334 g/mol. The molecule has 1 heterocycles. The maximum absolute atomic E-state index is 13.3. The van der Waals surface area contributed by atoms with Gasteiger partial charge in [0, 0.05) is 12.7 Å². The van der Waals surface area contributed by atoms with Crippen molar-refractivity contribution >= 4 is 5.91 Å². The quantitative estimate of drug-likeness (QED) is 0.694. The van der Waals surface area contributed by atoms with Crippen molar-refractivity contribution in [2.75, 3.05) is 0 Å². The molecule has 4 nitrogen and oxygen atoms in total. The summed E-state index contributed by atoms with van der Waals surface area (Å²) in [7, 11) is 0. The monoisotopic (exact) mass is 357 g/mol. The molecule has 136 valence electrons. The maximum Gasteiger partial charge on any atom is 0.274 e. The highest BCUT2D eigenvalue weighted by Gasteiger charge is 2.32. The van der Waals surface area contributed by atoms with E-state index in [9.17, 15) is 4.79 Å². The van der Waals surface area contributed by atoms with Gasteiger partial charge in [-0.25, -0.2) is 4.98 Å². The highest BCUT2D eigenvalue weighted by Crippen LogP contribution is 2.37. The largest absolute Gasteiger partial charge is 0.326 e. The molecule has 0 bridgehead atoms. The van der Waals surface area contributed by atoms with Crippen molar-refractivity contribution in [1.29, 1.82) is 0 Å². The molecule has 1 amide bonds. The molecule has 1 aliphatic carbocycles. The Labute approximate surface area is 159 Å². The number of aromatic nitrogens is 2. The van der Waals surface area contributed by atoms with Gasteiger partial charge in [-0.2, -0.15) is 0 Å². The Morgan fingerprint density at radius 3 is 2.56 bits per heavy atom. The minimum absolute atomic E-state index is 0.0650. The van der Waals surface area contributed by atoms with E-state index in [2.05, 4.69) is 65.4 Å². The number of rotatable bonds is 4. The molecular formula is C23H23N3O. The molecule has 3 aromatic rings. The standard InChI is InChI=1S/C23H23N3O/c1-16-7-9-18(10-8-16)15-26(23(27)21-14-24-17(2)13-25-21)22-12-11-19-5-3-4-6-20(19)22/h3-10,13-14,22H,11-12,15H2,1-2H3. The summed E-state index contributed by atoms with van der Waals surface area (Å²) in [5, 5.41) is 0. The van der Waals surface area contributed by atoms with Gasteiger partial charge in [0.05, 0.1) is 17.9 Å². The van der Waals surface area contributed by atoms with Gasteiger partial charge >= 0.3 is 0 Å². The van der Waals surface area contributed by atoms with Gasteiger partial charge < -0.3 is 4.90 Å². The predicted octanol–water partition coefficient (Wildman–Crippen LogP) is 4.42. The first-order valence-electron chi connectivity index (χ1n) is 9.35. The van der Waals surface area contributed by atoms with E-state index in [4.69, 9.17) is 0 Å². The minimum Gasteiger partial charge on any atom is -0.326 e. The Balaban J connectivity index is 1.70. The average molecular weight is 357 g/mol. The summed E-state index contributed by atoms with van der Waals surface area (Å²) in [5.41, 5.74) is 6.13. The van der Waals surface area contributed by atoms with Crippen LogP contribution in [0.4, 0.5) is 0 Å². The smallest absolute Gasteiger partial charge is 0.274 e. The van der Waals surface area contributed by atoms with Crippen LogP contribution in [0.1, 0.15) is 50.9 Å². The number of carbonyl (C=O) groups excluding carboxylic acids is 1. The molecule has 2 aromatic carbocycles. The lowest BCUT2D eigenvalue weighted by Crippen LogP contribution is -2.34. The van der Waals surface area contributed by atoms with Crippen LogP contribution in [-0.2, 0) is 13.0 Å². The Kier molecular flexibility index (Phi) is 4.71. The maximum atomic E-state index is 13.3. The lowest BCUT2D eigenvalue weighted by molar-refractivity contribution is 0.0651. The molecule has 1 atom stereocenters. The number of carbonyl (C=O) groups is 1. The van der Waals surface area contributed by atoms with Gasteiger partial charge in [0.2, 0.25) is 0 Å². The van der Waals surface area contributed by atoms with E-state index < -0.39 is 0 Å². The number of hydrogen-bond acceptors (Lipinski definition) is 3. The molecule has 0 aliphatic heterocycles. The lowest BCUT2D eigenvalue weighted by Gasteiger charge is -2.30. The second-order valence-electron chi connectivity index (χ2n) is 7.21. The average Bonchev–Trinajstić information content (AvgIpc) is 3.11. The number of hydrogen-bond donors (Lipinski definition) is 0. The van der Waals surface area contributed by atoms with Gasteiger partial charge in [0.1, 0.15) is 5.69 Å². The first-order chi connectivity index (χ1) is 13.1. The van der Waals surface area contributed by atoms with Crippen LogP contribution in [0.5, 0.6) is 0 Å². The van der Waals surface area contributed by atoms with Crippen molar-refractivity contribution in [1.82, 2.24) is 14.9 Å². The molecule has 0 N–H and O–H groups in total. The van der Waals surface area contributed by atoms with Gasteiger partial charge in [-0.05, 0) is 43.4 Å². The second kappa shape index (κ2) is 7.31. The zero-order chi connectivity index (χ0) is 18.8. The van der Waals surface area contributed by atoms with E-state index >= 15 is 0 Å². The van der Waals surface area contributed by atoms with E-state index in [1.807, 2.05) is 11.8 Å². The summed E-state index contributed by atoms with van der Waals surface area (Å²) in [6, 6.07) is 16.9. The molecule has 0 fully saturated rings. The number of fused-ring (bicyclic) bond motifs is 1. The normalized spacial score (nSPS) is 15.4. The highest BCUT2D eigenvalue weighted by molar-refractivity contribution is 5.92. The molecule has 0 saturated carbocycles. The second-order valence-corrected chi connectivity index (χ2v) is 7.21. The molecule has 4 rings (SSSR count). The molecule has 1 unspecified atom stereocenters. The number of aryl methyl sites for hydroxylation is 3. The molecule has 0 radical (unpaired) electrons. The SMILES string of the molecule is Cc1ccc(CN(C(=O)c2cnc(C)cn2)C2CCc3ccccc32)cc1. The number of benzene rings is 2. The van der Waals surface area contributed by atoms with Crippen LogP contribution >= 0.6 is 0 Å². The lowest BCUT2D eigenvalue weighted by atomic mass is 10.0. The third-order valence-corrected chi connectivity index (χ3v) is 5.21. The van der Waals surface area contributed by atoms with Gasteiger partial charge in [-0.3, -0.25) is 9.78 Å². The van der Waals surface area contributed by atoms with Crippen LogP contribution in [-0.4, -0.2) is 20.8 Å². The summed E-state index contributed by atoms with van der Waals surface area (Å²) in [6.45, 7) is 4.51. The third-order valence-electron chi connectivity index (χ3n) is 5.21. The number of amides is 1. The first-order valence-corrected chi connectivity index (χ1v) is 9.35. The minimum atomic E-state index is -0.0650. The fourth-order valence-corrected chi connectivity index (χ4v) is 3.72. The third kappa shape index (κ3) is 3.61. The highest BCUT2D eigenvalue weighted by atomic mass is 16.2. The Bertz CT molecular complexity index is 948. The topological polar surface area (TPSA) is 46.1 Å². The zero-order valence-electron chi connectivity index (χ0n) is 15.7. The van der Waals surface area contributed by atoms with E-state index in [0.717, 1.165) is 24.1 Å². The molecule has 4 heteroatoms. The Morgan fingerprint density at radius 2 is 1.81 bits per heavy atom. The molecule has 1 aliphatic rings. The van der Waals surface area contributed by atoms with Crippen LogP contribution in [0.25, 0.3) is 0 Å². The van der Waals surface area contributed by atoms with Crippen molar-refractivity contribution in [3.8, 4) is 0 Å².